The van der Waals surface area contributed by atoms with Crippen LogP contribution in [0, 0.1) is 5.92 Å². The van der Waals surface area contributed by atoms with Crippen LogP contribution in [0.1, 0.15) is 36.7 Å². The Hall–Kier alpha value is -2.88. The van der Waals surface area contributed by atoms with Crippen molar-refractivity contribution in [3.8, 4) is 11.5 Å². The van der Waals surface area contributed by atoms with Crippen LogP contribution >= 0.6 is 0 Å². The van der Waals surface area contributed by atoms with E-state index in [1.54, 1.807) is 6.92 Å². The summed E-state index contributed by atoms with van der Waals surface area (Å²) in [4.78, 5) is 40.6. The molecule has 1 aliphatic heterocycles. The van der Waals surface area contributed by atoms with Crippen molar-refractivity contribution in [2.24, 2.45) is 5.92 Å². The Kier molecular flexibility index (Phi) is 6.53. The van der Waals surface area contributed by atoms with E-state index in [4.69, 9.17) is 18.9 Å². The second-order valence-corrected chi connectivity index (χ2v) is 7.09. The lowest BCUT2D eigenvalue weighted by molar-refractivity contribution is -0.156. The smallest absolute Gasteiger partial charge is 0.331 e. The zero-order valence-corrected chi connectivity index (χ0v) is 16.3. The summed E-state index contributed by atoms with van der Waals surface area (Å²) >= 11 is 0. The second-order valence-electron chi connectivity index (χ2n) is 7.09. The van der Waals surface area contributed by atoms with Gasteiger partial charge in [0.1, 0.15) is 12.2 Å². The minimum absolute atomic E-state index is 0.0458. The van der Waals surface area contributed by atoms with E-state index in [2.05, 4.69) is 10.3 Å². The fourth-order valence-corrected chi connectivity index (χ4v) is 2.91. The molecule has 1 amide bonds. The number of rotatable bonds is 5. The third-order valence-electron chi connectivity index (χ3n) is 4.61. The normalized spacial score (nSPS) is 25.0. The monoisotopic (exact) mass is 408 g/mol. The fraction of sp³-hybridized carbons (Fsp3) is 0.579. The van der Waals surface area contributed by atoms with Crippen molar-refractivity contribution >= 4 is 17.8 Å². The van der Waals surface area contributed by atoms with Crippen molar-refractivity contribution in [2.75, 3.05) is 20.3 Å². The maximum Gasteiger partial charge on any atom is 0.331 e. The highest BCUT2D eigenvalue weighted by atomic mass is 16.6. The molecule has 2 N–H and O–H groups in total. The molecular weight excluding hydrogens is 384 g/mol. The van der Waals surface area contributed by atoms with Crippen molar-refractivity contribution in [3.63, 3.8) is 0 Å². The number of ether oxygens (including phenoxy) is 4. The van der Waals surface area contributed by atoms with Gasteiger partial charge in [-0.15, -0.1) is 0 Å². The number of aromatic nitrogens is 1. The van der Waals surface area contributed by atoms with Gasteiger partial charge < -0.3 is 29.4 Å². The number of nitrogens with one attached hydrogen (secondary N) is 1. The number of amides is 1. The SMILES string of the molecule is COc1ccnc(C(=O)NC2COC[C@H](OC(=O)C3CC3)C[C@H](C)OC2=O)c1O. The van der Waals surface area contributed by atoms with Gasteiger partial charge in [-0.25, -0.2) is 9.78 Å². The lowest BCUT2D eigenvalue weighted by Crippen LogP contribution is -2.45. The van der Waals surface area contributed by atoms with Crippen molar-refractivity contribution in [2.45, 2.75) is 44.4 Å². The van der Waals surface area contributed by atoms with E-state index in [-0.39, 0.29) is 36.5 Å². The van der Waals surface area contributed by atoms with Gasteiger partial charge in [-0.3, -0.25) is 9.59 Å². The Morgan fingerprint density at radius 3 is 2.76 bits per heavy atom. The van der Waals surface area contributed by atoms with E-state index in [0.29, 0.717) is 6.42 Å². The molecule has 158 valence electrons. The third kappa shape index (κ3) is 5.35. The molecular formula is C19H24N2O8. The van der Waals surface area contributed by atoms with E-state index in [9.17, 15) is 19.5 Å². The molecule has 1 saturated carbocycles. The Morgan fingerprint density at radius 1 is 1.31 bits per heavy atom. The molecule has 0 spiro atoms. The highest BCUT2D eigenvalue weighted by Gasteiger charge is 2.35. The lowest BCUT2D eigenvalue weighted by Gasteiger charge is -2.20. The molecule has 0 aromatic carbocycles. The number of carbonyl (C=O) groups is 3. The molecule has 3 atom stereocenters. The first kappa shape index (κ1) is 20.8. The molecule has 1 aromatic rings. The van der Waals surface area contributed by atoms with Gasteiger partial charge in [0.15, 0.2) is 23.2 Å². The quantitative estimate of drug-likeness (QED) is 0.671. The first-order valence-corrected chi connectivity index (χ1v) is 9.40. The summed E-state index contributed by atoms with van der Waals surface area (Å²) in [6, 6.07) is 0.282. The Balaban J connectivity index is 1.64. The summed E-state index contributed by atoms with van der Waals surface area (Å²) in [6.45, 7) is 1.57. The van der Waals surface area contributed by atoms with Crippen molar-refractivity contribution in [3.05, 3.63) is 18.0 Å². The number of pyridine rings is 1. The van der Waals surface area contributed by atoms with Crippen LogP contribution in [0.25, 0.3) is 0 Å². The highest BCUT2D eigenvalue weighted by molar-refractivity contribution is 5.98. The van der Waals surface area contributed by atoms with E-state index in [1.165, 1.54) is 19.4 Å². The number of hydrogen-bond donors (Lipinski definition) is 2. The number of methoxy groups -OCH3 is 1. The van der Waals surface area contributed by atoms with E-state index >= 15 is 0 Å². The number of hydrogen-bond acceptors (Lipinski definition) is 9. The molecule has 2 fully saturated rings. The van der Waals surface area contributed by atoms with Crippen LogP contribution in [0.3, 0.4) is 0 Å². The standard InChI is InChI=1S/C19H24N2O8/c1-10-7-12(29-18(24)11-3-4-11)8-27-9-13(19(25)28-10)21-17(23)15-16(22)14(26-2)5-6-20-15/h5-6,10-13,22H,3-4,7-9H2,1-2H3,(H,21,23)/t10-,12+,13?/m0/s1. The number of cyclic esters (lactones) is 1. The molecule has 1 saturated heterocycles. The van der Waals surface area contributed by atoms with Crippen LogP contribution in [0.15, 0.2) is 12.3 Å². The lowest BCUT2D eigenvalue weighted by atomic mass is 10.2. The van der Waals surface area contributed by atoms with Gasteiger partial charge in [-0.1, -0.05) is 0 Å². The summed E-state index contributed by atoms with van der Waals surface area (Å²) in [5.74, 6) is -2.15. The first-order valence-electron chi connectivity index (χ1n) is 9.40. The van der Waals surface area contributed by atoms with Crippen molar-refractivity contribution in [1.29, 1.82) is 0 Å². The maximum atomic E-state index is 12.5. The van der Waals surface area contributed by atoms with Gasteiger partial charge in [0.05, 0.1) is 26.2 Å². The number of aromatic hydroxyl groups is 1. The predicted octanol–water partition coefficient (Wildman–Crippen LogP) is 0.568. The van der Waals surface area contributed by atoms with Gasteiger partial charge in [0.2, 0.25) is 0 Å². The third-order valence-corrected chi connectivity index (χ3v) is 4.61. The molecule has 1 aromatic heterocycles. The summed E-state index contributed by atoms with van der Waals surface area (Å²) in [5.41, 5.74) is -0.290. The minimum atomic E-state index is -1.12. The van der Waals surface area contributed by atoms with E-state index in [0.717, 1.165) is 12.8 Å². The van der Waals surface area contributed by atoms with Crippen LogP contribution in [-0.4, -0.2) is 66.5 Å². The summed E-state index contributed by atoms with van der Waals surface area (Å²) in [5, 5.41) is 12.5. The number of carbonyl (C=O) groups excluding carboxylic acids is 3. The van der Waals surface area contributed by atoms with Gasteiger partial charge in [0.25, 0.3) is 5.91 Å². The average Bonchev–Trinajstić information content (AvgIpc) is 3.51. The zero-order valence-electron chi connectivity index (χ0n) is 16.3. The van der Waals surface area contributed by atoms with Crippen LogP contribution < -0.4 is 10.1 Å². The van der Waals surface area contributed by atoms with Crippen molar-refractivity contribution in [1.82, 2.24) is 10.3 Å². The Labute approximate surface area is 167 Å². The van der Waals surface area contributed by atoms with E-state index < -0.39 is 35.9 Å². The molecule has 3 rings (SSSR count). The molecule has 10 heteroatoms. The predicted molar refractivity (Wildman–Crippen MR) is 97.3 cm³/mol. The largest absolute Gasteiger partial charge is 0.503 e. The minimum Gasteiger partial charge on any atom is -0.503 e. The van der Waals surface area contributed by atoms with E-state index in [1.807, 2.05) is 0 Å². The summed E-state index contributed by atoms with van der Waals surface area (Å²) < 4.78 is 21.3. The first-order chi connectivity index (χ1) is 13.9. The van der Waals surface area contributed by atoms with Crippen LogP contribution in [0.4, 0.5) is 0 Å². The zero-order chi connectivity index (χ0) is 21.0. The molecule has 0 radical (unpaired) electrons. The molecule has 0 bridgehead atoms. The maximum absolute atomic E-state index is 12.5. The van der Waals surface area contributed by atoms with Crippen molar-refractivity contribution < 1.29 is 38.4 Å². The molecule has 2 heterocycles. The van der Waals surface area contributed by atoms with Gasteiger partial charge in [-0.2, -0.15) is 0 Å². The Morgan fingerprint density at radius 2 is 2.07 bits per heavy atom. The average molecular weight is 408 g/mol. The Bertz CT molecular complexity index is 779. The molecule has 1 unspecified atom stereocenters. The van der Waals surface area contributed by atoms with Gasteiger partial charge >= 0.3 is 11.9 Å². The molecule has 10 nitrogen and oxygen atoms in total. The summed E-state index contributed by atoms with van der Waals surface area (Å²) in [6.07, 6.45) is 2.18. The number of esters is 2. The molecule has 29 heavy (non-hydrogen) atoms. The van der Waals surface area contributed by atoms with Crippen LogP contribution in [0.5, 0.6) is 11.5 Å². The highest BCUT2D eigenvalue weighted by Crippen LogP contribution is 2.31. The van der Waals surface area contributed by atoms with Gasteiger partial charge in [0, 0.05) is 18.7 Å². The fourth-order valence-electron chi connectivity index (χ4n) is 2.91. The second kappa shape index (κ2) is 9.08. The van der Waals surface area contributed by atoms with Crippen LogP contribution in [0.2, 0.25) is 0 Å². The van der Waals surface area contributed by atoms with Crippen LogP contribution in [-0.2, 0) is 23.8 Å². The molecule has 2 aliphatic rings. The topological polar surface area (TPSA) is 133 Å². The molecule has 1 aliphatic carbocycles. The summed E-state index contributed by atoms with van der Waals surface area (Å²) in [7, 11) is 1.34. The van der Waals surface area contributed by atoms with Gasteiger partial charge in [-0.05, 0) is 19.8 Å². The number of nitrogens with zero attached hydrogens (tertiary/aromatic N) is 1.